The fourth-order valence-corrected chi connectivity index (χ4v) is 5.00. The maximum Gasteiger partial charge on any atom is 0.322 e. The molecule has 1 aliphatic heterocycles. The minimum absolute atomic E-state index is 0.00536. The monoisotopic (exact) mass is 488 g/mol. The molecular weight excluding hydrogens is 456 g/mol. The molecule has 0 aliphatic carbocycles. The molecule has 4 N–H and O–H groups in total. The van der Waals surface area contributed by atoms with E-state index in [0.717, 1.165) is 40.9 Å². The van der Waals surface area contributed by atoms with Crippen LogP contribution in [0.25, 0.3) is 21.9 Å². The van der Waals surface area contributed by atoms with Crippen molar-refractivity contribution in [1.82, 2.24) is 19.1 Å². The number of nitrogens with zero attached hydrogens (tertiary/aromatic N) is 6. The number of anilines is 2. The Morgan fingerprint density at radius 1 is 1.31 bits per heavy atom. The molecule has 0 spiro atoms. The van der Waals surface area contributed by atoms with E-state index in [1.54, 1.807) is 6.92 Å². The lowest BCUT2D eigenvalue weighted by Crippen LogP contribution is -2.44. The Morgan fingerprint density at radius 3 is 2.83 bits per heavy atom. The molecule has 1 aliphatic rings. The first-order valence-corrected chi connectivity index (χ1v) is 12.2. The van der Waals surface area contributed by atoms with Crippen LogP contribution in [0.5, 0.6) is 0 Å². The van der Waals surface area contributed by atoms with E-state index >= 15 is 0 Å². The lowest BCUT2D eigenvalue weighted by Gasteiger charge is -2.33. The number of benzene rings is 1. The van der Waals surface area contributed by atoms with Crippen LogP contribution in [0.2, 0.25) is 0 Å². The standard InChI is InChI=1S/C26H32N8O2/c1-16(2)10-12-33-24-23(22(28)25(33)31-11-6-7-18(27)13-31)29-15-32(26(24)35)14-21-30-20-9-5-4-8-19(20)17(3)34(21)36/h4-5,8-10,15,18H,6-7,11-14,27-28H2,1-3H3/t18-/m0/s1. The Hall–Kier alpha value is -3.92. The number of nitrogens with two attached hydrogens (primary N) is 2. The molecular formula is C26H32N8O2. The highest BCUT2D eigenvalue weighted by molar-refractivity contribution is 5.96. The zero-order valence-corrected chi connectivity index (χ0v) is 20.9. The molecule has 1 saturated heterocycles. The fourth-order valence-electron chi connectivity index (χ4n) is 5.00. The van der Waals surface area contributed by atoms with Crippen LogP contribution in [0.3, 0.4) is 0 Å². The molecule has 4 aromatic rings. The van der Waals surface area contributed by atoms with Gasteiger partial charge in [-0.25, -0.2) is 9.71 Å². The van der Waals surface area contributed by atoms with Crippen molar-refractivity contribution >= 4 is 33.4 Å². The molecule has 1 fully saturated rings. The normalized spacial score (nSPS) is 16.1. The van der Waals surface area contributed by atoms with Crippen LogP contribution < -0.4 is 26.7 Å². The fraction of sp³-hybridized carbons (Fsp3) is 0.385. The Balaban J connectivity index is 1.66. The summed E-state index contributed by atoms with van der Waals surface area (Å²) >= 11 is 0. The third kappa shape index (κ3) is 4.07. The van der Waals surface area contributed by atoms with Gasteiger partial charge in [-0.05, 0) is 50.7 Å². The van der Waals surface area contributed by atoms with E-state index in [4.69, 9.17) is 11.5 Å². The van der Waals surface area contributed by atoms with E-state index in [-0.39, 0.29) is 24.0 Å². The summed E-state index contributed by atoms with van der Waals surface area (Å²) in [5, 5.41) is 13.8. The van der Waals surface area contributed by atoms with Crippen LogP contribution >= 0.6 is 0 Å². The maximum absolute atomic E-state index is 13.8. The van der Waals surface area contributed by atoms with Gasteiger partial charge >= 0.3 is 5.82 Å². The van der Waals surface area contributed by atoms with E-state index in [9.17, 15) is 10.0 Å². The zero-order valence-electron chi connectivity index (χ0n) is 20.9. The van der Waals surface area contributed by atoms with Crippen molar-refractivity contribution in [2.45, 2.75) is 52.7 Å². The summed E-state index contributed by atoms with van der Waals surface area (Å²) in [6.45, 7) is 7.74. The number of para-hydroxylation sites is 1. The van der Waals surface area contributed by atoms with Crippen LogP contribution in [-0.4, -0.2) is 38.2 Å². The van der Waals surface area contributed by atoms with Gasteiger partial charge in [0.05, 0.1) is 11.7 Å². The molecule has 0 radical (unpaired) electrons. The van der Waals surface area contributed by atoms with Gasteiger partial charge < -0.3 is 26.1 Å². The van der Waals surface area contributed by atoms with Gasteiger partial charge in [0.1, 0.15) is 34.8 Å². The van der Waals surface area contributed by atoms with E-state index in [2.05, 4.69) is 20.9 Å². The molecule has 0 unspecified atom stereocenters. The predicted molar refractivity (Wildman–Crippen MR) is 142 cm³/mol. The van der Waals surface area contributed by atoms with Crippen LogP contribution in [0.4, 0.5) is 11.5 Å². The predicted octanol–water partition coefficient (Wildman–Crippen LogP) is 2.21. The topological polar surface area (TPSA) is 135 Å². The first kappa shape index (κ1) is 23.8. The molecule has 5 rings (SSSR count). The van der Waals surface area contributed by atoms with E-state index in [1.165, 1.54) is 10.9 Å². The van der Waals surface area contributed by atoms with Gasteiger partial charge in [-0.2, -0.15) is 0 Å². The summed E-state index contributed by atoms with van der Waals surface area (Å²) in [6.07, 6.45) is 5.43. The number of hydrogen-bond acceptors (Lipinski definition) is 7. The van der Waals surface area contributed by atoms with Crippen LogP contribution in [-0.2, 0) is 13.1 Å². The van der Waals surface area contributed by atoms with Crippen molar-refractivity contribution in [2.75, 3.05) is 23.7 Å². The maximum atomic E-state index is 13.8. The molecule has 188 valence electrons. The van der Waals surface area contributed by atoms with Crippen molar-refractivity contribution in [2.24, 2.45) is 5.73 Å². The van der Waals surface area contributed by atoms with E-state index in [1.807, 2.05) is 42.7 Å². The number of aromatic nitrogens is 5. The zero-order chi connectivity index (χ0) is 25.6. The minimum atomic E-state index is -0.269. The highest BCUT2D eigenvalue weighted by Gasteiger charge is 2.27. The third-order valence-electron chi connectivity index (χ3n) is 6.87. The molecule has 10 heteroatoms. The Kier molecular flexibility index (Phi) is 6.13. The summed E-state index contributed by atoms with van der Waals surface area (Å²) in [5.74, 6) is 1.01. The first-order chi connectivity index (χ1) is 17.3. The summed E-state index contributed by atoms with van der Waals surface area (Å²) in [4.78, 5) is 25.1. The second-order valence-corrected chi connectivity index (χ2v) is 9.78. The number of hydrogen-bond donors (Lipinski definition) is 2. The summed E-state index contributed by atoms with van der Waals surface area (Å²) in [7, 11) is 0. The highest BCUT2D eigenvalue weighted by Crippen LogP contribution is 2.34. The van der Waals surface area contributed by atoms with Crippen LogP contribution in [0, 0.1) is 12.1 Å². The van der Waals surface area contributed by atoms with Gasteiger partial charge in [0, 0.05) is 25.7 Å². The minimum Gasteiger partial charge on any atom is -0.710 e. The SMILES string of the molecule is CC(C)=CCn1c(N2CCC[C@H](N)C2)c(N)c2ncn(Cc3nc4ccccc4c(C)[n+]3[O-])c(=O)c21. The molecule has 1 atom stereocenters. The third-order valence-corrected chi connectivity index (χ3v) is 6.87. The van der Waals surface area contributed by atoms with Crippen molar-refractivity contribution in [3.63, 3.8) is 0 Å². The average Bonchev–Trinajstić information content (AvgIpc) is 3.14. The number of aryl methyl sites for hydroxylation is 1. The summed E-state index contributed by atoms with van der Waals surface area (Å²) in [5.41, 5.74) is 16.3. The van der Waals surface area contributed by atoms with Gasteiger partial charge in [0.2, 0.25) is 0 Å². The number of piperidine rings is 1. The number of allylic oxidation sites excluding steroid dienone is 2. The van der Waals surface area contributed by atoms with Crippen molar-refractivity contribution in [3.05, 3.63) is 69.3 Å². The van der Waals surface area contributed by atoms with Crippen LogP contribution in [0.15, 0.2) is 47.0 Å². The molecule has 36 heavy (non-hydrogen) atoms. The van der Waals surface area contributed by atoms with Crippen molar-refractivity contribution in [3.8, 4) is 0 Å². The van der Waals surface area contributed by atoms with Gasteiger partial charge in [0.15, 0.2) is 5.52 Å². The second-order valence-electron chi connectivity index (χ2n) is 9.78. The molecule has 10 nitrogen and oxygen atoms in total. The number of nitrogen functional groups attached to an aromatic ring is 1. The molecule has 0 amide bonds. The first-order valence-electron chi connectivity index (χ1n) is 12.2. The lowest BCUT2D eigenvalue weighted by molar-refractivity contribution is -0.623. The molecule has 0 bridgehead atoms. The van der Waals surface area contributed by atoms with Gasteiger partial charge in [-0.3, -0.25) is 9.36 Å². The van der Waals surface area contributed by atoms with Gasteiger partial charge in [-0.15, -0.1) is 0 Å². The Bertz CT molecular complexity index is 1550. The van der Waals surface area contributed by atoms with E-state index in [0.29, 0.717) is 41.0 Å². The van der Waals surface area contributed by atoms with Crippen molar-refractivity contribution in [1.29, 1.82) is 0 Å². The quantitative estimate of drug-likeness (QED) is 0.250. The van der Waals surface area contributed by atoms with Gasteiger partial charge in [-0.1, -0.05) is 23.8 Å². The lowest BCUT2D eigenvalue weighted by atomic mass is 10.1. The molecule has 1 aromatic carbocycles. The summed E-state index contributed by atoms with van der Waals surface area (Å²) in [6, 6.07) is 7.52. The molecule has 3 aromatic heterocycles. The Labute approximate surface area is 209 Å². The average molecular weight is 489 g/mol. The molecule has 4 heterocycles. The summed E-state index contributed by atoms with van der Waals surface area (Å²) < 4.78 is 4.15. The highest BCUT2D eigenvalue weighted by atomic mass is 16.5. The Morgan fingerprint density at radius 2 is 2.08 bits per heavy atom. The largest absolute Gasteiger partial charge is 0.710 e. The van der Waals surface area contributed by atoms with Crippen molar-refractivity contribution < 1.29 is 4.73 Å². The smallest absolute Gasteiger partial charge is 0.322 e. The molecule has 0 saturated carbocycles. The van der Waals surface area contributed by atoms with E-state index < -0.39 is 0 Å². The number of fused-ring (bicyclic) bond motifs is 2. The second kappa shape index (κ2) is 9.27. The van der Waals surface area contributed by atoms with Crippen LogP contribution in [0.1, 0.15) is 38.2 Å². The number of rotatable bonds is 5. The van der Waals surface area contributed by atoms with Gasteiger partial charge in [0.25, 0.3) is 5.56 Å².